The second kappa shape index (κ2) is 9.21. The zero-order valence-electron chi connectivity index (χ0n) is 18.4. The van der Waals surface area contributed by atoms with Crippen LogP contribution in [0.4, 0.5) is 10.8 Å². The number of carbonyl (C=O) groups is 1. The van der Waals surface area contributed by atoms with E-state index in [0.717, 1.165) is 23.2 Å². The van der Waals surface area contributed by atoms with Gasteiger partial charge in [-0.25, -0.2) is 18.4 Å². The Bertz CT molecular complexity index is 1200. The molecule has 0 aliphatic rings. The highest BCUT2D eigenvalue weighted by Gasteiger charge is 2.32. The standard InChI is InChI=1S/C21H25N5O4S2/c1-13(2)30-18-11-22-10-16(24-18)14-6-8-15(9-7-14)23-19(27)21(3,4)17-12-31-20(25-17)26-32(5,28)29/h6-13H,1-5H3,(H,23,27)(H,25,26). The van der Waals surface area contributed by atoms with Crippen LogP contribution in [0.1, 0.15) is 33.4 Å². The SMILES string of the molecule is CC(C)Oc1cncc(-c2ccc(NC(=O)C(C)(C)c3csc(NS(C)(=O)=O)n3)cc2)n1. The molecule has 3 rings (SSSR count). The predicted octanol–water partition coefficient (Wildman–Crippen LogP) is 3.68. The van der Waals surface area contributed by atoms with Crippen molar-refractivity contribution in [1.29, 1.82) is 0 Å². The van der Waals surface area contributed by atoms with Gasteiger partial charge in [-0.2, -0.15) is 0 Å². The molecular formula is C21H25N5O4S2. The first-order chi connectivity index (χ1) is 14.9. The predicted molar refractivity (Wildman–Crippen MR) is 125 cm³/mol. The largest absolute Gasteiger partial charge is 0.474 e. The Kier molecular flexibility index (Phi) is 6.79. The first kappa shape index (κ1) is 23.6. The number of sulfonamides is 1. The lowest BCUT2D eigenvalue weighted by atomic mass is 9.89. The molecule has 0 spiro atoms. The van der Waals surface area contributed by atoms with Gasteiger partial charge in [0.2, 0.25) is 21.8 Å². The Morgan fingerprint density at radius 3 is 2.44 bits per heavy atom. The molecule has 9 nitrogen and oxygen atoms in total. The molecule has 0 saturated carbocycles. The van der Waals surface area contributed by atoms with Crippen LogP contribution >= 0.6 is 11.3 Å². The van der Waals surface area contributed by atoms with Crippen LogP contribution in [-0.2, 0) is 20.2 Å². The molecule has 0 radical (unpaired) electrons. The number of rotatable bonds is 8. The maximum Gasteiger partial charge on any atom is 0.236 e. The van der Waals surface area contributed by atoms with Crippen molar-refractivity contribution >= 4 is 38.1 Å². The van der Waals surface area contributed by atoms with Gasteiger partial charge in [-0.3, -0.25) is 14.5 Å². The molecule has 2 N–H and O–H groups in total. The Hall–Kier alpha value is -3.05. The number of anilines is 2. The van der Waals surface area contributed by atoms with Crippen LogP contribution in [0.3, 0.4) is 0 Å². The third-order valence-corrected chi connectivity index (χ3v) is 5.84. The molecule has 11 heteroatoms. The molecule has 2 aromatic heterocycles. The lowest BCUT2D eigenvalue weighted by Gasteiger charge is -2.21. The van der Waals surface area contributed by atoms with E-state index < -0.39 is 15.4 Å². The van der Waals surface area contributed by atoms with Gasteiger partial charge >= 0.3 is 0 Å². The number of nitrogens with zero attached hydrogens (tertiary/aromatic N) is 3. The van der Waals surface area contributed by atoms with E-state index in [-0.39, 0.29) is 17.1 Å². The molecule has 0 unspecified atom stereocenters. The van der Waals surface area contributed by atoms with Crippen molar-refractivity contribution in [2.45, 2.75) is 39.2 Å². The van der Waals surface area contributed by atoms with Gasteiger partial charge in [-0.15, -0.1) is 11.3 Å². The van der Waals surface area contributed by atoms with Gasteiger partial charge in [0.15, 0.2) is 5.13 Å². The number of hydrogen-bond donors (Lipinski definition) is 2. The van der Waals surface area contributed by atoms with Crippen molar-refractivity contribution in [3.63, 3.8) is 0 Å². The third kappa shape index (κ3) is 6.01. The number of thiazole rings is 1. The summed E-state index contributed by atoms with van der Waals surface area (Å²) >= 11 is 1.13. The smallest absolute Gasteiger partial charge is 0.236 e. The van der Waals surface area contributed by atoms with E-state index in [1.54, 1.807) is 43.8 Å². The maximum absolute atomic E-state index is 12.9. The summed E-state index contributed by atoms with van der Waals surface area (Å²) < 4.78 is 30.7. The van der Waals surface area contributed by atoms with E-state index in [9.17, 15) is 13.2 Å². The van der Waals surface area contributed by atoms with Gasteiger partial charge < -0.3 is 10.1 Å². The normalized spacial score (nSPS) is 11.9. The second-order valence-corrected chi connectivity index (χ2v) is 10.6. The summed E-state index contributed by atoms with van der Waals surface area (Å²) in [6.45, 7) is 7.29. The number of nitrogens with one attached hydrogen (secondary N) is 2. The topological polar surface area (TPSA) is 123 Å². The fourth-order valence-electron chi connectivity index (χ4n) is 2.68. The summed E-state index contributed by atoms with van der Waals surface area (Å²) in [5.74, 6) is 0.179. The van der Waals surface area contributed by atoms with Crippen LogP contribution < -0.4 is 14.8 Å². The zero-order chi connectivity index (χ0) is 23.5. The van der Waals surface area contributed by atoms with Crippen molar-refractivity contribution in [3.8, 4) is 17.1 Å². The van der Waals surface area contributed by atoms with Gasteiger partial charge in [0, 0.05) is 16.6 Å². The fourth-order valence-corrected chi connectivity index (χ4v) is 4.41. The molecule has 2 heterocycles. The van der Waals surface area contributed by atoms with E-state index in [1.165, 1.54) is 0 Å². The molecule has 0 atom stereocenters. The summed E-state index contributed by atoms with van der Waals surface area (Å²) in [6, 6.07) is 7.23. The monoisotopic (exact) mass is 475 g/mol. The van der Waals surface area contributed by atoms with Crippen molar-refractivity contribution in [1.82, 2.24) is 15.0 Å². The van der Waals surface area contributed by atoms with E-state index in [1.807, 2.05) is 26.0 Å². The number of benzene rings is 1. The second-order valence-electron chi connectivity index (χ2n) is 7.98. The molecule has 1 amide bonds. The van der Waals surface area contributed by atoms with Crippen LogP contribution in [0.15, 0.2) is 42.0 Å². The first-order valence-corrected chi connectivity index (χ1v) is 12.6. The minimum absolute atomic E-state index is 0.00329. The van der Waals surface area contributed by atoms with Gasteiger partial charge in [-0.05, 0) is 39.8 Å². The van der Waals surface area contributed by atoms with Crippen molar-refractivity contribution < 1.29 is 17.9 Å². The van der Waals surface area contributed by atoms with Gasteiger partial charge in [0.05, 0.1) is 41.6 Å². The Balaban J connectivity index is 1.71. The zero-order valence-corrected chi connectivity index (χ0v) is 20.0. The molecule has 0 fully saturated rings. The Labute approximate surface area is 191 Å². The number of amides is 1. The first-order valence-electron chi connectivity index (χ1n) is 9.78. The quantitative estimate of drug-likeness (QED) is 0.509. The summed E-state index contributed by atoms with van der Waals surface area (Å²) in [5.41, 5.74) is 1.61. The van der Waals surface area contributed by atoms with Crippen LogP contribution in [0.5, 0.6) is 5.88 Å². The van der Waals surface area contributed by atoms with E-state index in [0.29, 0.717) is 23.0 Å². The van der Waals surface area contributed by atoms with Crippen molar-refractivity contribution in [2.75, 3.05) is 16.3 Å². The molecule has 1 aromatic carbocycles. The van der Waals surface area contributed by atoms with Crippen molar-refractivity contribution in [3.05, 3.63) is 47.7 Å². The Morgan fingerprint density at radius 1 is 1.12 bits per heavy atom. The van der Waals surface area contributed by atoms with Gasteiger partial charge in [-0.1, -0.05) is 12.1 Å². The third-order valence-electron chi connectivity index (χ3n) is 4.39. The lowest BCUT2D eigenvalue weighted by molar-refractivity contribution is -0.120. The number of carbonyl (C=O) groups excluding carboxylic acids is 1. The molecule has 3 aromatic rings. The lowest BCUT2D eigenvalue weighted by Crippen LogP contribution is -2.35. The molecule has 32 heavy (non-hydrogen) atoms. The summed E-state index contributed by atoms with van der Waals surface area (Å²) in [4.78, 5) is 25.8. The molecule has 0 aliphatic heterocycles. The minimum Gasteiger partial charge on any atom is -0.474 e. The Morgan fingerprint density at radius 2 is 1.81 bits per heavy atom. The van der Waals surface area contributed by atoms with E-state index in [2.05, 4.69) is 25.0 Å². The highest BCUT2D eigenvalue weighted by Crippen LogP contribution is 2.29. The van der Waals surface area contributed by atoms with Crippen LogP contribution in [-0.4, -0.2) is 41.6 Å². The molecule has 0 bridgehead atoms. The van der Waals surface area contributed by atoms with Crippen LogP contribution in [0, 0.1) is 0 Å². The van der Waals surface area contributed by atoms with E-state index >= 15 is 0 Å². The maximum atomic E-state index is 12.9. The van der Waals surface area contributed by atoms with Crippen LogP contribution in [0.2, 0.25) is 0 Å². The van der Waals surface area contributed by atoms with Crippen molar-refractivity contribution in [2.24, 2.45) is 0 Å². The van der Waals surface area contributed by atoms with Crippen LogP contribution in [0.25, 0.3) is 11.3 Å². The fraction of sp³-hybridized carbons (Fsp3) is 0.333. The average molecular weight is 476 g/mol. The highest BCUT2D eigenvalue weighted by atomic mass is 32.2. The molecule has 0 aliphatic carbocycles. The van der Waals surface area contributed by atoms with Gasteiger partial charge in [0.25, 0.3) is 0 Å². The number of aromatic nitrogens is 3. The summed E-state index contributed by atoms with van der Waals surface area (Å²) in [5, 5.41) is 4.77. The molecular weight excluding hydrogens is 450 g/mol. The number of hydrogen-bond acceptors (Lipinski definition) is 8. The number of ether oxygens (including phenoxy) is 1. The molecule has 170 valence electrons. The molecule has 0 saturated heterocycles. The summed E-state index contributed by atoms with van der Waals surface area (Å²) in [6.07, 6.45) is 4.26. The van der Waals surface area contributed by atoms with Gasteiger partial charge in [0.1, 0.15) is 0 Å². The van der Waals surface area contributed by atoms with E-state index in [4.69, 9.17) is 4.74 Å². The summed E-state index contributed by atoms with van der Waals surface area (Å²) in [7, 11) is -3.43. The highest BCUT2D eigenvalue weighted by molar-refractivity contribution is 7.92. The minimum atomic E-state index is -3.43. The average Bonchev–Trinajstić information content (AvgIpc) is 3.15.